The van der Waals surface area contributed by atoms with Crippen LogP contribution >= 0.6 is 0 Å². The van der Waals surface area contributed by atoms with Crippen LogP contribution < -0.4 is 5.56 Å². The summed E-state index contributed by atoms with van der Waals surface area (Å²) < 4.78 is 5.26. The first kappa shape index (κ1) is 11.9. The number of aromatic amines is 1. The van der Waals surface area contributed by atoms with Crippen molar-refractivity contribution in [2.45, 2.75) is 18.9 Å². The van der Waals surface area contributed by atoms with Crippen LogP contribution in [0.25, 0.3) is 0 Å². The Morgan fingerprint density at radius 1 is 1.41 bits per heavy atom. The van der Waals surface area contributed by atoms with Gasteiger partial charge in [0.05, 0.1) is 0 Å². The lowest BCUT2D eigenvalue weighted by Gasteiger charge is -2.31. The molecule has 0 atom stereocenters. The second-order valence-electron chi connectivity index (χ2n) is 4.19. The van der Waals surface area contributed by atoms with Crippen LogP contribution in [-0.2, 0) is 4.74 Å². The van der Waals surface area contributed by atoms with Gasteiger partial charge >= 0.3 is 0 Å². The Morgan fingerprint density at radius 2 is 2.12 bits per heavy atom. The summed E-state index contributed by atoms with van der Waals surface area (Å²) in [6, 6.07) is 4.80. The lowest BCUT2D eigenvalue weighted by molar-refractivity contribution is 0.0358. The summed E-state index contributed by atoms with van der Waals surface area (Å²) in [6.45, 7) is 1.38. The number of ether oxygens (including phenoxy) is 1. The van der Waals surface area contributed by atoms with E-state index in [9.17, 15) is 9.59 Å². The third kappa shape index (κ3) is 2.74. The molecule has 2 heterocycles. The molecule has 2 rings (SSSR count). The first-order valence-electron chi connectivity index (χ1n) is 5.73. The number of nitrogens with zero attached hydrogens (tertiary/aromatic N) is 1. The minimum Gasteiger partial charge on any atom is -0.381 e. The molecule has 1 N–H and O–H groups in total. The number of nitrogens with one attached hydrogen (secondary N) is 1. The predicted octanol–water partition coefficient (Wildman–Crippen LogP) is 0.626. The number of carbonyl (C=O) groups is 1. The summed E-state index contributed by atoms with van der Waals surface area (Å²) in [4.78, 5) is 27.5. The van der Waals surface area contributed by atoms with Gasteiger partial charge in [-0.05, 0) is 18.9 Å². The van der Waals surface area contributed by atoms with Gasteiger partial charge in [0, 0.05) is 32.4 Å². The van der Waals surface area contributed by atoms with Gasteiger partial charge in [0.1, 0.15) is 5.69 Å². The highest BCUT2D eigenvalue weighted by molar-refractivity contribution is 5.92. The number of carbonyl (C=O) groups excluding carboxylic acids is 1. The lowest BCUT2D eigenvalue weighted by Crippen LogP contribution is -2.41. The van der Waals surface area contributed by atoms with Gasteiger partial charge in [-0.2, -0.15) is 0 Å². The van der Waals surface area contributed by atoms with Crippen molar-refractivity contribution in [3.05, 3.63) is 34.2 Å². The molecule has 92 valence electrons. The monoisotopic (exact) mass is 236 g/mol. The minimum absolute atomic E-state index is 0.144. The number of hydrogen-bond acceptors (Lipinski definition) is 3. The molecular weight excluding hydrogens is 220 g/mol. The van der Waals surface area contributed by atoms with Crippen LogP contribution in [0.2, 0.25) is 0 Å². The average Bonchev–Trinajstić information content (AvgIpc) is 2.38. The molecule has 1 aromatic rings. The van der Waals surface area contributed by atoms with Gasteiger partial charge in [0.25, 0.3) is 5.91 Å². The summed E-state index contributed by atoms with van der Waals surface area (Å²) in [5, 5.41) is 0. The summed E-state index contributed by atoms with van der Waals surface area (Å²) in [6.07, 6.45) is 1.69. The third-order valence-corrected chi connectivity index (χ3v) is 3.06. The van der Waals surface area contributed by atoms with Crippen LogP contribution in [0.5, 0.6) is 0 Å². The van der Waals surface area contributed by atoms with Crippen molar-refractivity contribution in [2.24, 2.45) is 0 Å². The summed E-state index contributed by atoms with van der Waals surface area (Å²) >= 11 is 0. The van der Waals surface area contributed by atoms with Crippen molar-refractivity contribution >= 4 is 5.91 Å². The van der Waals surface area contributed by atoms with E-state index in [4.69, 9.17) is 4.74 Å². The Balaban J connectivity index is 2.11. The topological polar surface area (TPSA) is 62.4 Å². The Morgan fingerprint density at radius 3 is 2.76 bits per heavy atom. The zero-order valence-electron chi connectivity index (χ0n) is 9.81. The zero-order chi connectivity index (χ0) is 12.3. The molecule has 0 bridgehead atoms. The molecule has 0 radical (unpaired) electrons. The third-order valence-electron chi connectivity index (χ3n) is 3.06. The molecular formula is C12H16N2O3. The molecule has 0 spiro atoms. The molecule has 17 heavy (non-hydrogen) atoms. The van der Waals surface area contributed by atoms with Crippen molar-refractivity contribution in [1.82, 2.24) is 9.88 Å². The van der Waals surface area contributed by atoms with E-state index in [-0.39, 0.29) is 17.5 Å². The predicted molar refractivity (Wildman–Crippen MR) is 63.0 cm³/mol. The number of amides is 1. The molecule has 5 nitrogen and oxygen atoms in total. The molecule has 1 fully saturated rings. The van der Waals surface area contributed by atoms with Crippen molar-refractivity contribution in [3.8, 4) is 0 Å². The van der Waals surface area contributed by atoms with Crippen molar-refractivity contribution in [3.63, 3.8) is 0 Å². The van der Waals surface area contributed by atoms with Gasteiger partial charge in [0.15, 0.2) is 0 Å². The van der Waals surface area contributed by atoms with E-state index in [0.29, 0.717) is 18.9 Å². The molecule has 5 heteroatoms. The average molecular weight is 236 g/mol. The Bertz CT molecular complexity index is 449. The Hall–Kier alpha value is -1.62. The normalized spacial score (nSPS) is 16.8. The molecule has 0 aromatic carbocycles. The van der Waals surface area contributed by atoms with E-state index in [2.05, 4.69) is 4.98 Å². The first-order chi connectivity index (χ1) is 8.18. The van der Waals surface area contributed by atoms with Crippen molar-refractivity contribution < 1.29 is 9.53 Å². The number of H-pyrrole nitrogens is 1. The number of pyridine rings is 1. The largest absolute Gasteiger partial charge is 0.381 e. The molecule has 1 amide bonds. The summed E-state index contributed by atoms with van der Waals surface area (Å²) in [5.41, 5.74) is 0.0859. The van der Waals surface area contributed by atoms with Crippen molar-refractivity contribution in [1.29, 1.82) is 0 Å². The molecule has 1 aliphatic heterocycles. The highest BCUT2D eigenvalue weighted by Gasteiger charge is 2.23. The second-order valence-corrected chi connectivity index (χ2v) is 4.19. The summed E-state index contributed by atoms with van der Waals surface area (Å²) in [5.74, 6) is -0.144. The van der Waals surface area contributed by atoms with E-state index in [1.165, 1.54) is 6.07 Å². The highest BCUT2D eigenvalue weighted by atomic mass is 16.5. The van der Waals surface area contributed by atoms with Gasteiger partial charge in [-0.25, -0.2) is 0 Å². The fourth-order valence-corrected chi connectivity index (χ4v) is 2.00. The maximum Gasteiger partial charge on any atom is 0.270 e. The maximum absolute atomic E-state index is 12.1. The molecule has 1 aromatic heterocycles. The van der Waals surface area contributed by atoms with E-state index in [0.717, 1.165) is 12.8 Å². The SMILES string of the molecule is CN(C(=O)c1cccc(=O)[nH]1)C1CCOCC1. The second kappa shape index (κ2) is 5.14. The van der Waals surface area contributed by atoms with Crippen LogP contribution in [0.3, 0.4) is 0 Å². The number of rotatable bonds is 2. The fraction of sp³-hybridized carbons (Fsp3) is 0.500. The van der Waals surface area contributed by atoms with Gasteiger partial charge in [-0.15, -0.1) is 0 Å². The van der Waals surface area contributed by atoms with Crippen LogP contribution in [0.15, 0.2) is 23.0 Å². The standard InChI is InChI=1S/C12H16N2O3/c1-14(9-5-7-17-8-6-9)12(16)10-3-2-4-11(15)13-10/h2-4,9H,5-8H2,1H3,(H,13,15). The Labute approximate surface area is 99.4 Å². The Kier molecular flexibility index (Phi) is 3.58. The molecule has 0 aliphatic carbocycles. The van der Waals surface area contributed by atoms with E-state index >= 15 is 0 Å². The van der Waals surface area contributed by atoms with Gasteiger partial charge in [0.2, 0.25) is 5.56 Å². The van der Waals surface area contributed by atoms with E-state index in [1.54, 1.807) is 24.1 Å². The van der Waals surface area contributed by atoms with Gasteiger partial charge in [-0.3, -0.25) is 9.59 Å². The van der Waals surface area contributed by atoms with Crippen LogP contribution in [0.4, 0.5) is 0 Å². The van der Waals surface area contributed by atoms with Gasteiger partial charge < -0.3 is 14.6 Å². The number of aromatic nitrogens is 1. The zero-order valence-corrected chi connectivity index (χ0v) is 9.81. The highest BCUT2D eigenvalue weighted by Crippen LogP contribution is 2.14. The minimum atomic E-state index is -0.253. The molecule has 0 unspecified atom stereocenters. The van der Waals surface area contributed by atoms with Crippen LogP contribution in [-0.4, -0.2) is 42.1 Å². The van der Waals surface area contributed by atoms with E-state index in [1.807, 2.05) is 0 Å². The van der Waals surface area contributed by atoms with E-state index < -0.39 is 0 Å². The maximum atomic E-state index is 12.1. The smallest absolute Gasteiger partial charge is 0.270 e. The first-order valence-corrected chi connectivity index (χ1v) is 5.73. The summed E-state index contributed by atoms with van der Waals surface area (Å²) in [7, 11) is 1.77. The van der Waals surface area contributed by atoms with Gasteiger partial charge in [-0.1, -0.05) is 6.07 Å². The molecule has 1 saturated heterocycles. The molecule has 0 saturated carbocycles. The fourth-order valence-electron chi connectivity index (χ4n) is 2.00. The quantitative estimate of drug-likeness (QED) is 0.819. The van der Waals surface area contributed by atoms with Crippen molar-refractivity contribution in [2.75, 3.05) is 20.3 Å². The molecule has 1 aliphatic rings. The lowest BCUT2D eigenvalue weighted by atomic mass is 10.1. The number of hydrogen-bond donors (Lipinski definition) is 1. The van der Waals surface area contributed by atoms with Crippen LogP contribution in [0.1, 0.15) is 23.3 Å². The van der Waals surface area contributed by atoms with Crippen LogP contribution in [0, 0.1) is 0 Å².